The second-order valence-corrected chi connectivity index (χ2v) is 5.43. The van der Waals surface area contributed by atoms with Gasteiger partial charge in [-0.3, -0.25) is 9.59 Å². The zero-order valence-corrected chi connectivity index (χ0v) is 13.0. The summed E-state index contributed by atoms with van der Waals surface area (Å²) in [5.41, 5.74) is 1.11. The summed E-state index contributed by atoms with van der Waals surface area (Å²) in [5.74, 6) is -0.0194. The molecule has 1 N–H and O–H groups in total. The Hall–Kier alpha value is -2.67. The number of benzene rings is 1. The van der Waals surface area contributed by atoms with Gasteiger partial charge in [-0.15, -0.1) is 0 Å². The number of pyridine rings is 1. The van der Waals surface area contributed by atoms with E-state index in [0.717, 1.165) is 0 Å². The molecule has 24 heavy (non-hydrogen) atoms. The van der Waals surface area contributed by atoms with Crippen LogP contribution in [0.4, 0.5) is 4.39 Å². The predicted octanol–water partition coefficient (Wildman–Crippen LogP) is 1.21. The standard InChI is InChI=1S/C17H17FN2O4/c18-14-7-12(17-13(8-14)10-23-11-24-17)4-5-19-15(21)9-20-6-2-1-3-16(20)22/h1-3,6-8H,4-5,9-11H2,(H,19,21). The van der Waals surface area contributed by atoms with Crippen LogP contribution < -0.4 is 15.6 Å². The average molecular weight is 332 g/mol. The fourth-order valence-corrected chi connectivity index (χ4v) is 2.58. The van der Waals surface area contributed by atoms with Gasteiger partial charge >= 0.3 is 0 Å². The van der Waals surface area contributed by atoms with Crippen molar-refractivity contribution in [1.82, 2.24) is 9.88 Å². The molecule has 3 rings (SSSR count). The van der Waals surface area contributed by atoms with Crippen molar-refractivity contribution >= 4 is 5.91 Å². The molecule has 0 spiro atoms. The Morgan fingerprint density at radius 2 is 2.21 bits per heavy atom. The summed E-state index contributed by atoms with van der Waals surface area (Å²) in [4.78, 5) is 23.5. The predicted molar refractivity (Wildman–Crippen MR) is 84.1 cm³/mol. The molecule has 0 unspecified atom stereocenters. The Balaban J connectivity index is 1.59. The third kappa shape index (κ3) is 3.80. The number of hydrogen-bond donors (Lipinski definition) is 1. The lowest BCUT2D eigenvalue weighted by atomic mass is 10.1. The van der Waals surface area contributed by atoms with Gasteiger partial charge in [0.1, 0.15) is 18.1 Å². The minimum atomic E-state index is -0.361. The minimum Gasteiger partial charge on any atom is -0.467 e. The van der Waals surface area contributed by atoms with E-state index in [1.165, 1.54) is 22.8 Å². The lowest BCUT2D eigenvalue weighted by Crippen LogP contribution is -2.33. The minimum absolute atomic E-state index is 0.0503. The molecule has 0 aliphatic carbocycles. The first kappa shape index (κ1) is 16.2. The lowest BCUT2D eigenvalue weighted by Gasteiger charge is -2.21. The molecule has 1 aromatic carbocycles. The summed E-state index contributed by atoms with van der Waals surface area (Å²) in [6.07, 6.45) is 1.98. The number of aromatic nitrogens is 1. The second kappa shape index (κ2) is 7.27. The van der Waals surface area contributed by atoms with Gasteiger partial charge in [0, 0.05) is 24.4 Å². The maximum absolute atomic E-state index is 13.6. The highest BCUT2D eigenvalue weighted by Crippen LogP contribution is 2.29. The van der Waals surface area contributed by atoms with Gasteiger partial charge in [0.15, 0.2) is 6.79 Å². The summed E-state index contributed by atoms with van der Waals surface area (Å²) in [7, 11) is 0. The summed E-state index contributed by atoms with van der Waals surface area (Å²) in [6.45, 7) is 0.712. The van der Waals surface area contributed by atoms with E-state index in [4.69, 9.17) is 9.47 Å². The fraction of sp³-hybridized carbons (Fsp3) is 0.294. The maximum Gasteiger partial charge on any atom is 0.250 e. The number of carbonyl (C=O) groups is 1. The number of nitrogens with zero attached hydrogens (tertiary/aromatic N) is 1. The van der Waals surface area contributed by atoms with E-state index in [1.54, 1.807) is 18.3 Å². The van der Waals surface area contributed by atoms with Crippen molar-refractivity contribution in [2.24, 2.45) is 0 Å². The molecule has 1 aromatic heterocycles. The zero-order valence-electron chi connectivity index (χ0n) is 13.0. The molecule has 1 amide bonds. The van der Waals surface area contributed by atoms with E-state index < -0.39 is 0 Å². The van der Waals surface area contributed by atoms with Crippen molar-refractivity contribution in [3.8, 4) is 5.75 Å². The van der Waals surface area contributed by atoms with Gasteiger partial charge in [-0.05, 0) is 30.2 Å². The zero-order chi connectivity index (χ0) is 16.9. The Morgan fingerprint density at radius 1 is 1.33 bits per heavy atom. The van der Waals surface area contributed by atoms with Crippen molar-refractivity contribution in [2.75, 3.05) is 13.3 Å². The average Bonchev–Trinajstić information content (AvgIpc) is 2.57. The van der Waals surface area contributed by atoms with E-state index >= 15 is 0 Å². The molecule has 1 aliphatic rings. The van der Waals surface area contributed by atoms with E-state index in [0.29, 0.717) is 36.4 Å². The van der Waals surface area contributed by atoms with Gasteiger partial charge in [0.25, 0.3) is 5.56 Å². The quantitative estimate of drug-likeness (QED) is 0.894. The Morgan fingerprint density at radius 3 is 3.04 bits per heavy atom. The lowest BCUT2D eigenvalue weighted by molar-refractivity contribution is -0.121. The molecule has 0 fully saturated rings. The number of ether oxygens (including phenoxy) is 2. The highest BCUT2D eigenvalue weighted by atomic mass is 19.1. The highest BCUT2D eigenvalue weighted by Gasteiger charge is 2.17. The summed E-state index contributed by atoms with van der Waals surface area (Å²) in [6, 6.07) is 7.49. The molecule has 2 aromatic rings. The number of amides is 1. The van der Waals surface area contributed by atoms with Crippen LogP contribution in [0.3, 0.4) is 0 Å². The van der Waals surface area contributed by atoms with Crippen molar-refractivity contribution in [3.05, 3.63) is 63.8 Å². The maximum atomic E-state index is 13.6. The number of hydrogen-bond acceptors (Lipinski definition) is 4. The highest BCUT2D eigenvalue weighted by molar-refractivity contribution is 5.75. The van der Waals surface area contributed by atoms with Crippen LogP contribution in [-0.2, 0) is 29.1 Å². The van der Waals surface area contributed by atoms with Gasteiger partial charge < -0.3 is 19.4 Å². The largest absolute Gasteiger partial charge is 0.467 e. The van der Waals surface area contributed by atoms with Gasteiger partial charge in [-0.25, -0.2) is 4.39 Å². The van der Waals surface area contributed by atoms with Crippen molar-refractivity contribution in [3.63, 3.8) is 0 Å². The van der Waals surface area contributed by atoms with Crippen LogP contribution in [0.25, 0.3) is 0 Å². The molecule has 0 radical (unpaired) electrons. The first-order chi connectivity index (χ1) is 11.6. The third-order valence-corrected chi connectivity index (χ3v) is 3.68. The van der Waals surface area contributed by atoms with E-state index in [1.807, 2.05) is 0 Å². The molecule has 126 valence electrons. The first-order valence-corrected chi connectivity index (χ1v) is 7.57. The number of carbonyl (C=O) groups excluding carboxylic acids is 1. The molecule has 0 saturated heterocycles. The molecule has 6 nitrogen and oxygen atoms in total. The molecule has 0 atom stereocenters. The van der Waals surface area contributed by atoms with Crippen LogP contribution in [0.15, 0.2) is 41.3 Å². The van der Waals surface area contributed by atoms with Crippen LogP contribution in [0.2, 0.25) is 0 Å². The number of halogens is 1. The van der Waals surface area contributed by atoms with Crippen molar-refractivity contribution in [1.29, 1.82) is 0 Å². The Labute approximate surface area is 137 Å². The molecule has 0 bridgehead atoms. The van der Waals surface area contributed by atoms with Crippen molar-refractivity contribution in [2.45, 2.75) is 19.6 Å². The van der Waals surface area contributed by atoms with Crippen LogP contribution in [0.5, 0.6) is 5.75 Å². The smallest absolute Gasteiger partial charge is 0.250 e. The number of nitrogens with one attached hydrogen (secondary N) is 1. The Kier molecular flexibility index (Phi) is 4.90. The molecule has 0 saturated carbocycles. The van der Waals surface area contributed by atoms with Crippen LogP contribution in [0.1, 0.15) is 11.1 Å². The molecule has 7 heteroatoms. The fourth-order valence-electron chi connectivity index (χ4n) is 2.58. The molecule has 1 aliphatic heterocycles. The third-order valence-electron chi connectivity index (χ3n) is 3.68. The van der Waals surface area contributed by atoms with Crippen LogP contribution in [0, 0.1) is 5.82 Å². The molecule has 2 heterocycles. The van der Waals surface area contributed by atoms with Gasteiger partial charge in [0.05, 0.1) is 6.61 Å². The molecular weight excluding hydrogens is 315 g/mol. The van der Waals surface area contributed by atoms with Gasteiger partial charge in [0.2, 0.25) is 5.91 Å². The van der Waals surface area contributed by atoms with E-state index in [-0.39, 0.29) is 30.6 Å². The molecular formula is C17H17FN2O4. The second-order valence-electron chi connectivity index (χ2n) is 5.43. The first-order valence-electron chi connectivity index (χ1n) is 7.57. The number of fused-ring (bicyclic) bond motifs is 1. The van der Waals surface area contributed by atoms with Gasteiger partial charge in [-0.1, -0.05) is 6.07 Å². The number of rotatable bonds is 5. The summed E-state index contributed by atoms with van der Waals surface area (Å²) < 4.78 is 25.5. The monoisotopic (exact) mass is 332 g/mol. The normalized spacial score (nSPS) is 13.0. The van der Waals surface area contributed by atoms with E-state index in [9.17, 15) is 14.0 Å². The van der Waals surface area contributed by atoms with Crippen molar-refractivity contribution < 1.29 is 18.7 Å². The summed E-state index contributed by atoms with van der Waals surface area (Å²) >= 11 is 0. The van der Waals surface area contributed by atoms with E-state index in [2.05, 4.69) is 5.32 Å². The SMILES string of the molecule is O=C(Cn1ccccc1=O)NCCc1cc(F)cc2c1OCOC2. The Bertz CT molecular complexity index is 803. The van der Waals surface area contributed by atoms with Gasteiger partial charge in [-0.2, -0.15) is 0 Å². The van der Waals surface area contributed by atoms with Crippen LogP contribution in [-0.4, -0.2) is 23.8 Å². The topological polar surface area (TPSA) is 69.6 Å². The van der Waals surface area contributed by atoms with Crippen LogP contribution >= 0.6 is 0 Å². The summed E-state index contributed by atoms with van der Waals surface area (Å²) in [5, 5.41) is 2.73.